The van der Waals surface area contributed by atoms with E-state index >= 15 is 0 Å². The van der Waals surface area contributed by atoms with Crippen molar-refractivity contribution < 1.29 is 19.4 Å². The Kier molecular flexibility index (Phi) is 7.99. The Labute approximate surface area is 139 Å². The Bertz CT molecular complexity index is 398. The van der Waals surface area contributed by atoms with Gasteiger partial charge in [-0.05, 0) is 31.2 Å². The third-order valence-corrected chi connectivity index (χ3v) is 4.37. The molecule has 6 nitrogen and oxygen atoms in total. The maximum atomic E-state index is 12.4. The number of methoxy groups -OCH3 is 1. The molecule has 3 atom stereocenters. The van der Waals surface area contributed by atoms with E-state index < -0.39 is 18.2 Å². The molecule has 0 aromatic heterocycles. The molecule has 134 valence electrons. The van der Waals surface area contributed by atoms with Crippen LogP contribution in [0.15, 0.2) is 0 Å². The highest BCUT2D eigenvalue weighted by Gasteiger charge is 2.34. The number of Topliss-reactive ketones (excluding diaryl/α,β-unsaturated/α-hetero) is 1. The van der Waals surface area contributed by atoms with Gasteiger partial charge in [-0.2, -0.15) is 0 Å². The van der Waals surface area contributed by atoms with E-state index in [9.17, 15) is 14.7 Å². The number of amides is 1. The standard InChI is InChI=1S/C17H32N2O4/c1-11(2)9-14(20)13-7-6-8-19(13)10-15(21)16(12(3)4)18-17(22)23-5/h11-13,15-16,21H,6-10H2,1-5H3,(H,18,22). The zero-order valence-corrected chi connectivity index (χ0v) is 15.0. The molecule has 3 unspecified atom stereocenters. The fourth-order valence-electron chi connectivity index (χ4n) is 3.20. The van der Waals surface area contributed by atoms with E-state index in [1.165, 1.54) is 7.11 Å². The second-order valence-corrected chi connectivity index (χ2v) is 7.19. The highest BCUT2D eigenvalue weighted by Crippen LogP contribution is 2.22. The quantitative estimate of drug-likeness (QED) is 0.710. The molecule has 0 radical (unpaired) electrons. The van der Waals surface area contributed by atoms with Gasteiger partial charge in [0, 0.05) is 13.0 Å². The van der Waals surface area contributed by atoms with Gasteiger partial charge >= 0.3 is 6.09 Å². The molecule has 0 aromatic rings. The molecule has 1 saturated heterocycles. The third-order valence-electron chi connectivity index (χ3n) is 4.37. The second kappa shape index (κ2) is 9.23. The van der Waals surface area contributed by atoms with E-state index in [-0.39, 0.29) is 17.7 Å². The number of ketones is 1. The minimum Gasteiger partial charge on any atom is -0.453 e. The van der Waals surface area contributed by atoms with Gasteiger partial charge in [-0.3, -0.25) is 9.69 Å². The number of alkyl carbamates (subject to hydrolysis) is 1. The number of ether oxygens (including phenoxy) is 1. The summed E-state index contributed by atoms with van der Waals surface area (Å²) in [5, 5.41) is 13.2. The van der Waals surface area contributed by atoms with Gasteiger partial charge in [0.1, 0.15) is 5.78 Å². The van der Waals surface area contributed by atoms with Gasteiger partial charge in [-0.15, -0.1) is 0 Å². The number of hydrogen-bond donors (Lipinski definition) is 2. The monoisotopic (exact) mass is 328 g/mol. The number of carbonyl (C=O) groups is 2. The average molecular weight is 328 g/mol. The first-order chi connectivity index (χ1) is 10.8. The van der Waals surface area contributed by atoms with Crippen molar-refractivity contribution in [2.75, 3.05) is 20.2 Å². The lowest BCUT2D eigenvalue weighted by Gasteiger charge is -2.32. The molecule has 23 heavy (non-hydrogen) atoms. The second-order valence-electron chi connectivity index (χ2n) is 7.19. The fourth-order valence-corrected chi connectivity index (χ4v) is 3.20. The molecule has 6 heteroatoms. The zero-order chi connectivity index (χ0) is 17.6. The summed E-state index contributed by atoms with van der Waals surface area (Å²) < 4.78 is 4.63. The molecule has 0 aromatic carbocycles. The van der Waals surface area contributed by atoms with Crippen molar-refractivity contribution in [2.45, 2.75) is 65.1 Å². The molecule has 0 bridgehead atoms. The summed E-state index contributed by atoms with van der Waals surface area (Å²) in [6, 6.07) is -0.498. The van der Waals surface area contributed by atoms with Crippen molar-refractivity contribution in [2.24, 2.45) is 11.8 Å². The number of hydrogen-bond acceptors (Lipinski definition) is 5. The van der Waals surface area contributed by atoms with Crippen LogP contribution in [0.2, 0.25) is 0 Å². The van der Waals surface area contributed by atoms with Crippen LogP contribution in [0.3, 0.4) is 0 Å². The summed E-state index contributed by atoms with van der Waals surface area (Å²) in [4.78, 5) is 25.9. The number of aliphatic hydroxyl groups is 1. The van der Waals surface area contributed by atoms with Crippen LogP contribution in [0.1, 0.15) is 47.0 Å². The number of aliphatic hydroxyl groups excluding tert-OH is 1. The van der Waals surface area contributed by atoms with Gasteiger partial charge in [0.05, 0.1) is 25.3 Å². The van der Waals surface area contributed by atoms with E-state index in [1.807, 2.05) is 27.7 Å². The number of nitrogens with zero attached hydrogens (tertiary/aromatic N) is 1. The summed E-state index contributed by atoms with van der Waals surface area (Å²) in [7, 11) is 1.31. The number of likely N-dealkylation sites (tertiary alicyclic amines) is 1. The lowest BCUT2D eigenvalue weighted by Crippen LogP contribution is -2.52. The Balaban J connectivity index is 2.67. The molecular formula is C17H32N2O4. The Hall–Kier alpha value is -1.14. The largest absolute Gasteiger partial charge is 0.453 e. The first-order valence-corrected chi connectivity index (χ1v) is 8.55. The minimum atomic E-state index is -0.735. The Morgan fingerprint density at radius 2 is 1.96 bits per heavy atom. The lowest BCUT2D eigenvalue weighted by atomic mass is 9.97. The van der Waals surface area contributed by atoms with E-state index in [0.29, 0.717) is 18.9 Å². The van der Waals surface area contributed by atoms with Crippen LogP contribution >= 0.6 is 0 Å². The van der Waals surface area contributed by atoms with Gasteiger partial charge in [0.2, 0.25) is 0 Å². The van der Waals surface area contributed by atoms with Crippen LogP contribution in [0, 0.1) is 11.8 Å². The molecule has 0 saturated carbocycles. The van der Waals surface area contributed by atoms with Gasteiger partial charge in [0.25, 0.3) is 0 Å². The number of rotatable bonds is 8. The predicted octanol–water partition coefficient (Wildman–Crippen LogP) is 1.81. The van der Waals surface area contributed by atoms with Crippen molar-refractivity contribution in [1.82, 2.24) is 10.2 Å². The summed E-state index contributed by atoms with van der Waals surface area (Å²) in [6.45, 7) is 9.17. The number of nitrogens with one attached hydrogen (secondary N) is 1. The summed E-state index contributed by atoms with van der Waals surface area (Å²) in [5.74, 6) is 0.669. The Morgan fingerprint density at radius 3 is 2.48 bits per heavy atom. The molecule has 1 aliphatic rings. The topological polar surface area (TPSA) is 78.9 Å². The average Bonchev–Trinajstić information content (AvgIpc) is 2.91. The predicted molar refractivity (Wildman–Crippen MR) is 89.2 cm³/mol. The van der Waals surface area contributed by atoms with Crippen LogP contribution in [0.4, 0.5) is 4.79 Å². The third kappa shape index (κ3) is 6.11. The maximum absolute atomic E-state index is 12.4. The highest BCUT2D eigenvalue weighted by atomic mass is 16.5. The molecule has 1 aliphatic heterocycles. The maximum Gasteiger partial charge on any atom is 0.407 e. The van der Waals surface area contributed by atoms with Gasteiger partial charge in [-0.1, -0.05) is 27.7 Å². The van der Waals surface area contributed by atoms with Crippen molar-refractivity contribution in [3.05, 3.63) is 0 Å². The van der Waals surface area contributed by atoms with E-state index in [2.05, 4.69) is 15.0 Å². The van der Waals surface area contributed by atoms with Crippen LogP contribution in [-0.2, 0) is 9.53 Å². The van der Waals surface area contributed by atoms with E-state index in [4.69, 9.17) is 0 Å². The van der Waals surface area contributed by atoms with Crippen LogP contribution in [0.25, 0.3) is 0 Å². The van der Waals surface area contributed by atoms with Gasteiger partial charge in [-0.25, -0.2) is 4.79 Å². The molecule has 1 amide bonds. The molecular weight excluding hydrogens is 296 g/mol. The first-order valence-electron chi connectivity index (χ1n) is 8.55. The van der Waals surface area contributed by atoms with Crippen LogP contribution in [0.5, 0.6) is 0 Å². The zero-order valence-electron chi connectivity index (χ0n) is 15.0. The first kappa shape index (κ1) is 19.9. The van der Waals surface area contributed by atoms with Gasteiger partial charge in [0.15, 0.2) is 0 Å². The highest BCUT2D eigenvalue weighted by molar-refractivity contribution is 5.84. The SMILES string of the molecule is COC(=O)NC(C(C)C)C(O)CN1CCCC1C(=O)CC(C)C. The smallest absolute Gasteiger partial charge is 0.407 e. The summed E-state index contributed by atoms with van der Waals surface area (Å²) >= 11 is 0. The number of β-amino-alcohol motifs (C(OH)–C–C–N with tert-alkyl or cyclic N) is 1. The summed E-state index contributed by atoms with van der Waals surface area (Å²) in [5.41, 5.74) is 0. The van der Waals surface area contributed by atoms with E-state index in [1.54, 1.807) is 0 Å². The normalized spacial score (nSPS) is 21.5. The van der Waals surface area contributed by atoms with Gasteiger partial charge < -0.3 is 15.2 Å². The van der Waals surface area contributed by atoms with Crippen LogP contribution < -0.4 is 5.32 Å². The lowest BCUT2D eigenvalue weighted by molar-refractivity contribution is -0.124. The molecule has 2 N–H and O–H groups in total. The molecule has 0 aliphatic carbocycles. The van der Waals surface area contributed by atoms with Crippen molar-refractivity contribution >= 4 is 11.9 Å². The van der Waals surface area contributed by atoms with E-state index in [0.717, 1.165) is 19.4 Å². The van der Waals surface area contributed by atoms with Crippen molar-refractivity contribution in [3.63, 3.8) is 0 Å². The fraction of sp³-hybridized carbons (Fsp3) is 0.882. The molecule has 0 spiro atoms. The molecule has 1 fully saturated rings. The Morgan fingerprint density at radius 1 is 1.30 bits per heavy atom. The van der Waals surface area contributed by atoms with Crippen molar-refractivity contribution in [3.8, 4) is 0 Å². The molecule has 1 heterocycles. The van der Waals surface area contributed by atoms with Crippen LogP contribution in [-0.4, -0.2) is 60.3 Å². The molecule has 1 rings (SSSR count). The number of carbonyl (C=O) groups excluding carboxylic acids is 2. The summed E-state index contributed by atoms with van der Waals surface area (Å²) in [6.07, 6.45) is 1.12. The minimum absolute atomic E-state index is 0.0662. The van der Waals surface area contributed by atoms with Crippen molar-refractivity contribution in [1.29, 1.82) is 0 Å².